The number of nitrogens with one attached hydrogen (secondary N) is 1. The molecule has 1 aliphatic heterocycles. The maximum atomic E-state index is 5.61. The van der Waals surface area contributed by atoms with Gasteiger partial charge in [0.05, 0.1) is 0 Å². The summed E-state index contributed by atoms with van der Waals surface area (Å²) < 4.78 is 0. The fourth-order valence-electron chi connectivity index (χ4n) is 0.409. The molecular weight excluding hydrogens is 130 g/mol. The molecule has 0 aromatic rings. The summed E-state index contributed by atoms with van der Waals surface area (Å²) in [4.78, 5) is 0.0694. The minimum Gasteiger partial charge on any atom is -0.364 e. The smallest absolute Gasteiger partial charge is 0.152 e. The molecule has 3 heteroatoms. The van der Waals surface area contributed by atoms with E-state index in [4.69, 9.17) is 11.6 Å². The summed E-state index contributed by atoms with van der Waals surface area (Å²) in [5.41, 5.74) is 1.16. The molecular formula is C4H6ClNS. The summed E-state index contributed by atoms with van der Waals surface area (Å²) >= 11 is 7.20. The van der Waals surface area contributed by atoms with Gasteiger partial charge in [-0.1, -0.05) is 23.4 Å². The molecule has 1 rings (SSSR count). The monoisotopic (exact) mass is 135 g/mol. The van der Waals surface area contributed by atoms with Gasteiger partial charge in [0.15, 0.2) is 4.83 Å². The second-order valence-corrected chi connectivity index (χ2v) is 3.07. The van der Waals surface area contributed by atoms with Crippen molar-refractivity contribution in [3.8, 4) is 0 Å². The first kappa shape index (κ1) is 5.32. The van der Waals surface area contributed by atoms with E-state index in [1.807, 2.05) is 12.3 Å². The molecule has 7 heavy (non-hydrogen) atoms. The molecule has 0 aromatic heterocycles. The molecule has 0 fully saturated rings. The van der Waals surface area contributed by atoms with Crippen LogP contribution in [0.3, 0.4) is 0 Å². The first-order valence-electron chi connectivity index (χ1n) is 2.02. The quantitative estimate of drug-likeness (QED) is 0.401. The van der Waals surface area contributed by atoms with Crippen molar-refractivity contribution in [1.82, 2.24) is 5.32 Å². The predicted octanol–water partition coefficient (Wildman–Crippen LogP) is 1.71. The Hall–Kier alpha value is 0.180. The van der Waals surface area contributed by atoms with Gasteiger partial charge in [-0.2, -0.15) is 0 Å². The Bertz CT molecular complexity index is 102. The second kappa shape index (κ2) is 1.97. The van der Waals surface area contributed by atoms with E-state index in [9.17, 15) is 0 Å². The van der Waals surface area contributed by atoms with Gasteiger partial charge in [-0.05, 0) is 12.3 Å². The van der Waals surface area contributed by atoms with Crippen molar-refractivity contribution in [2.45, 2.75) is 11.8 Å². The normalized spacial score (nSPS) is 29.4. The van der Waals surface area contributed by atoms with Crippen LogP contribution in [0.5, 0.6) is 0 Å². The number of halogens is 1. The summed E-state index contributed by atoms with van der Waals surface area (Å²) in [6.07, 6.45) is 0. The maximum absolute atomic E-state index is 5.61. The van der Waals surface area contributed by atoms with E-state index < -0.39 is 0 Å². The minimum absolute atomic E-state index is 0.0694. The van der Waals surface area contributed by atoms with Crippen molar-refractivity contribution in [1.29, 1.82) is 0 Å². The molecule has 0 amide bonds. The molecule has 40 valence electrons. The summed E-state index contributed by atoms with van der Waals surface area (Å²) in [7, 11) is 0. The van der Waals surface area contributed by atoms with Crippen LogP contribution < -0.4 is 5.32 Å². The zero-order chi connectivity index (χ0) is 5.28. The van der Waals surface area contributed by atoms with E-state index in [0.717, 1.165) is 5.70 Å². The third-order valence-corrected chi connectivity index (χ3v) is 1.97. The third kappa shape index (κ3) is 1.28. The summed E-state index contributed by atoms with van der Waals surface area (Å²) in [5, 5.41) is 5.02. The largest absolute Gasteiger partial charge is 0.364 e. The lowest BCUT2D eigenvalue weighted by atomic mass is 10.6. The first-order chi connectivity index (χ1) is 3.29. The van der Waals surface area contributed by atoms with Gasteiger partial charge in [0, 0.05) is 5.70 Å². The lowest BCUT2D eigenvalue weighted by Crippen LogP contribution is -2.11. The van der Waals surface area contributed by atoms with Gasteiger partial charge in [-0.15, -0.1) is 0 Å². The summed E-state index contributed by atoms with van der Waals surface area (Å²) in [6.45, 7) is 2.00. The molecule has 0 aromatic carbocycles. The highest BCUT2D eigenvalue weighted by Crippen LogP contribution is 2.22. The number of alkyl halides is 1. The Morgan fingerprint density at radius 3 is 2.86 bits per heavy atom. The molecule has 0 aliphatic carbocycles. The van der Waals surface area contributed by atoms with Gasteiger partial charge in [-0.3, -0.25) is 0 Å². The lowest BCUT2D eigenvalue weighted by molar-refractivity contribution is 0.935. The molecule has 1 atom stereocenters. The predicted molar refractivity (Wildman–Crippen MR) is 34.1 cm³/mol. The Balaban J connectivity index is 2.42. The molecule has 0 saturated heterocycles. The lowest BCUT2D eigenvalue weighted by Gasteiger charge is -1.98. The fraction of sp³-hybridized carbons (Fsp3) is 0.500. The molecule has 0 bridgehead atoms. The minimum atomic E-state index is 0.0694. The molecule has 1 N–H and O–H groups in total. The fourth-order valence-corrected chi connectivity index (χ4v) is 1.38. The van der Waals surface area contributed by atoms with Crippen LogP contribution in [0.4, 0.5) is 0 Å². The van der Waals surface area contributed by atoms with E-state index in [2.05, 4.69) is 5.32 Å². The molecule has 1 nitrogen and oxygen atoms in total. The molecule has 1 unspecified atom stereocenters. The highest BCUT2D eigenvalue weighted by atomic mass is 35.5. The van der Waals surface area contributed by atoms with Gasteiger partial charge < -0.3 is 5.32 Å². The second-order valence-electron chi connectivity index (χ2n) is 1.40. The number of hydrogen-bond donors (Lipinski definition) is 1. The van der Waals surface area contributed by atoms with Crippen LogP contribution in [0.15, 0.2) is 11.1 Å². The average Bonchev–Trinajstić information content (AvgIpc) is 1.87. The van der Waals surface area contributed by atoms with Gasteiger partial charge in [-0.25, -0.2) is 0 Å². The topological polar surface area (TPSA) is 12.0 Å². The highest BCUT2D eigenvalue weighted by Gasteiger charge is 2.07. The Kier molecular flexibility index (Phi) is 1.50. The van der Waals surface area contributed by atoms with Gasteiger partial charge in [0.2, 0.25) is 0 Å². The van der Waals surface area contributed by atoms with E-state index in [0.29, 0.717) is 0 Å². The number of thioether (sulfide) groups is 1. The summed E-state index contributed by atoms with van der Waals surface area (Å²) in [5.74, 6) is 0. The van der Waals surface area contributed by atoms with Crippen LogP contribution in [-0.4, -0.2) is 4.83 Å². The third-order valence-electron chi connectivity index (χ3n) is 0.705. The molecule has 0 radical (unpaired) electrons. The Morgan fingerprint density at radius 1 is 2.00 bits per heavy atom. The first-order valence-corrected chi connectivity index (χ1v) is 3.40. The SMILES string of the molecule is CC1=CSC(Cl)N1. The molecule has 1 heterocycles. The van der Waals surface area contributed by atoms with Gasteiger partial charge in [0.25, 0.3) is 0 Å². The zero-order valence-electron chi connectivity index (χ0n) is 3.94. The maximum Gasteiger partial charge on any atom is 0.152 e. The number of rotatable bonds is 0. The highest BCUT2D eigenvalue weighted by molar-refractivity contribution is 8.04. The van der Waals surface area contributed by atoms with E-state index in [1.165, 1.54) is 0 Å². The van der Waals surface area contributed by atoms with Crippen molar-refractivity contribution in [2.75, 3.05) is 0 Å². The van der Waals surface area contributed by atoms with E-state index in [1.54, 1.807) is 11.8 Å². The molecule has 0 spiro atoms. The standard InChI is InChI=1S/C4H6ClNS/c1-3-2-7-4(5)6-3/h2,4,6H,1H3. The van der Waals surface area contributed by atoms with Crippen molar-refractivity contribution in [3.05, 3.63) is 11.1 Å². The summed E-state index contributed by atoms with van der Waals surface area (Å²) in [6, 6.07) is 0. The average molecular weight is 136 g/mol. The van der Waals surface area contributed by atoms with Crippen molar-refractivity contribution >= 4 is 23.4 Å². The van der Waals surface area contributed by atoms with Crippen molar-refractivity contribution < 1.29 is 0 Å². The van der Waals surface area contributed by atoms with E-state index >= 15 is 0 Å². The van der Waals surface area contributed by atoms with Gasteiger partial charge >= 0.3 is 0 Å². The molecule has 0 saturated carbocycles. The Labute approximate surface area is 52.1 Å². The van der Waals surface area contributed by atoms with Crippen LogP contribution in [0.2, 0.25) is 0 Å². The van der Waals surface area contributed by atoms with Crippen molar-refractivity contribution in [3.63, 3.8) is 0 Å². The number of hydrogen-bond acceptors (Lipinski definition) is 2. The van der Waals surface area contributed by atoms with E-state index in [-0.39, 0.29) is 4.83 Å². The van der Waals surface area contributed by atoms with Crippen LogP contribution in [-0.2, 0) is 0 Å². The van der Waals surface area contributed by atoms with Crippen LogP contribution in [0, 0.1) is 0 Å². The van der Waals surface area contributed by atoms with Crippen LogP contribution >= 0.6 is 23.4 Å². The zero-order valence-corrected chi connectivity index (χ0v) is 5.51. The number of allylic oxidation sites excluding steroid dienone is 1. The Morgan fingerprint density at radius 2 is 2.71 bits per heavy atom. The van der Waals surface area contributed by atoms with Crippen LogP contribution in [0.25, 0.3) is 0 Å². The van der Waals surface area contributed by atoms with Gasteiger partial charge in [0.1, 0.15) is 0 Å². The molecule has 1 aliphatic rings. The van der Waals surface area contributed by atoms with Crippen LogP contribution in [0.1, 0.15) is 6.92 Å². The van der Waals surface area contributed by atoms with Crippen molar-refractivity contribution in [2.24, 2.45) is 0 Å².